The molecule has 0 aliphatic heterocycles. The molecule has 18 heavy (non-hydrogen) atoms. The number of rotatable bonds is 4. The number of carbonyl (C=O) groups is 1. The number of aliphatic hydroxyl groups is 1. The van der Waals surface area contributed by atoms with Gasteiger partial charge in [0.05, 0.1) is 12.3 Å². The molecule has 96 valence electrons. The molecule has 0 radical (unpaired) electrons. The summed E-state index contributed by atoms with van der Waals surface area (Å²) in [5, 5.41) is 11.6. The first kappa shape index (κ1) is 14.3. The Bertz CT molecular complexity index is 455. The van der Waals surface area contributed by atoms with Crippen LogP contribution < -0.4 is 5.32 Å². The van der Waals surface area contributed by atoms with Gasteiger partial charge < -0.3 is 10.4 Å². The Balaban J connectivity index is 2.77. The molecular weight excluding hydrogens is 226 g/mol. The van der Waals surface area contributed by atoms with Crippen LogP contribution in [0.3, 0.4) is 0 Å². The van der Waals surface area contributed by atoms with Gasteiger partial charge in [0.15, 0.2) is 0 Å². The molecule has 0 spiro atoms. The third-order valence-electron chi connectivity index (χ3n) is 2.25. The monoisotopic (exact) mass is 245 g/mol. The van der Waals surface area contributed by atoms with Crippen LogP contribution in [0.2, 0.25) is 0 Å². The lowest BCUT2D eigenvalue weighted by Gasteiger charge is -2.08. The van der Waals surface area contributed by atoms with Crippen LogP contribution in [-0.2, 0) is 4.79 Å². The van der Waals surface area contributed by atoms with E-state index in [0.717, 1.165) is 11.3 Å². The summed E-state index contributed by atoms with van der Waals surface area (Å²) in [4.78, 5) is 11.7. The molecule has 0 unspecified atom stereocenters. The van der Waals surface area contributed by atoms with Gasteiger partial charge in [0.2, 0.25) is 5.91 Å². The Morgan fingerprint density at radius 1 is 1.39 bits per heavy atom. The number of hydrogen-bond donors (Lipinski definition) is 2. The predicted molar refractivity (Wildman–Crippen MR) is 73.1 cm³/mol. The van der Waals surface area contributed by atoms with Crippen molar-refractivity contribution in [2.75, 3.05) is 11.9 Å². The van der Waals surface area contributed by atoms with Gasteiger partial charge in [0, 0.05) is 18.4 Å². The van der Waals surface area contributed by atoms with E-state index < -0.39 is 0 Å². The number of aliphatic hydroxyl groups excluding tert-OH is 1. The molecule has 0 atom stereocenters. The van der Waals surface area contributed by atoms with Crippen molar-refractivity contribution in [2.45, 2.75) is 26.7 Å². The van der Waals surface area contributed by atoms with Crippen LogP contribution in [-0.4, -0.2) is 17.6 Å². The Hall–Kier alpha value is -1.79. The summed E-state index contributed by atoms with van der Waals surface area (Å²) in [6.45, 7) is 4.06. The van der Waals surface area contributed by atoms with Crippen molar-refractivity contribution in [3.05, 3.63) is 29.8 Å². The maximum absolute atomic E-state index is 11.7. The summed E-state index contributed by atoms with van der Waals surface area (Å²) in [5.41, 5.74) is 1.51. The maximum atomic E-state index is 11.7. The minimum absolute atomic E-state index is 0.00130. The molecule has 0 aliphatic carbocycles. The van der Waals surface area contributed by atoms with Gasteiger partial charge in [0.1, 0.15) is 0 Å². The highest BCUT2D eigenvalue weighted by Gasteiger charge is 2.07. The van der Waals surface area contributed by atoms with Gasteiger partial charge in [-0.25, -0.2) is 0 Å². The van der Waals surface area contributed by atoms with Gasteiger partial charge in [-0.2, -0.15) is 0 Å². The van der Waals surface area contributed by atoms with E-state index in [2.05, 4.69) is 17.2 Å². The highest BCUT2D eigenvalue weighted by atomic mass is 16.2. The van der Waals surface area contributed by atoms with E-state index in [9.17, 15) is 4.79 Å². The lowest BCUT2D eigenvalue weighted by Crippen LogP contribution is -2.14. The van der Waals surface area contributed by atoms with Crippen molar-refractivity contribution in [3.8, 4) is 11.8 Å². The number of anilines is 1. The molecular formula is C15H19NO2. The molecule has 1 amide bonds. The fourth-order valence-corrected chi connectivity index (χ4v) is 1.49. The Morgan fingerprint density at radius 3 is 2.78 bits per heavy atom. The van der Waals surface area contributed by atoms with E-state index in [-0.39, 0.29) is 12.5 Å². The summed E-state index contributed by atoms with van der Waals surface area (Å²) in [7, 11) is 0. The van der Waals surface area contributed by atoms with E-state index in [4.69, 9.17) is 5.11 Å². The number of hydrogen-bond acceptors (Lipinski definition) is 2. The molecule has 2 N–H and O–H groups in total. The van der Waals surface area contributed by atoms with Crippen LogP contribution in [0.1, 0.15) is 32.3 Å². The maximum Gasteiger partial charge on any atom is 0.224 e. The molecule has 0 aromatic heterocycles. The van der Waals surface area contributed by atoms with Crippen molar-refractivity contribution in [1.82, 2.24) is 0 Å². The van der Waals surface area contributed by atoms with E-state index in [1.807, 2.05) is 38.1 Å². The first-order chi connectivity index (χ1) is 8.63. The number of carbonyl (C=O) groups excluding carboxylic acids is 1. The van der Waals surface area contributed by atoms with Crippen molar-refractivity contribution < 1.29 is 9.90 Å². The number of benzene rings is 1. The van der Waals surface area contributed by atoms with Crippen LogP contribution in [0.4, 0.5) is 5.69 Å². The van der Waals surface area contributed by atoms with Gasteiger partial charge in [-0.3, -0.25) is 4.79 Å². The van der Waals surface area contributed by atoms with Crippen LogP contribution in [0, 0.1) is 17.8 Å². The SMILES string of the molecule is CC(C)CC(=O)Nc1ccccc1C#CCCO. The molecule has 0 bridgehead atoms. The lowest BCUT2D eigenvalue weighted by atomic mass is 10.1. The number of amides is 1. The first-order valence-electron chi connectivity index (χ1n) is 6.12. The van der Waals surface area contributed by atoms with Gasteiger partial charge in [-0.1, -0.05) is 37.8 Å². The van der Waals surface area contributed by atoms with Crippen molar-refractivity contribution >= 4 is 11.6 Å². The van der Waals surface area contributed by atoms with Gasteiger partial charge >= 0.3 is 0 Å². The predicted octanol–water partition coefficient (Wildman–Crippen LogP) is 2.41. The molecule has 3 heteroatoms. The van der Waals surface area contributed by atoms with Gasteiger partial charge in [-0.15, -0.1) is 0 Å². The third-order valence-corrected chi connectivity index (χ3v) is 2.25. The first-order valence-corrected chi connectivity index (χ1v) is 6.12. The zero-order valence-electron chi connectivity index (χ0n) is 10.9. The van der Waals surface area contributed by atoms with E-state index in [0.29, 0.717) is 18.8 Å². The topological polar surface area (TPSA) is 49.3 Å². The van der Waals surface area contributed by atoms with Gasteiger partial charge in [0.25, 0.3) is 0 Å². The average Bonchev–Trinajstić information content (AvgIpc) is 2.30. The standard InChI is InChI=1S/C15H19NO2/c1-12(2)11-15(18)16-14-9-4-3-7-13(14)8-5-6-10-17/h3-4,7,9,12,17H,6,10-11H2,1-2H3,(H,16,18). The number of para-hydroxylation sites is 1. The second-order valence-corrected chi connectivity index (χ2v) is 4.47. The average molecular weight is 245 g/mol. The van der Waals surface area contributed by atoms with Crippen LogP contribution in [0.15, 0.2) is 24.3 Å². The quantitative estimate of drug-likeness (QED) is 0.800. The van der Waals surface area contributed by atoms with Crippen LogP contribution in [0.5, 0.6) is 0 Å². The van der Waals surface area contributed by atoms with Crippen molar-refractivity contribution in [2.24, 2.45) is 5.92 Å². The summed E-state index contributed by atoms with van der Waals surface area (Å²) < 4.78 is 0. The van der Waals surface area contributed by atoms with Gasteiger partial charge in [-0.05, 0) is 18.1 Å². The van der Waals surface area contributed by atoms with Crippen molar-refractivity contribution in [3.63, 3.8) is 0 Å². The third kappa shape index (κ3) is 5.03. The molecule has 1 aromatic carbocycles. The van der Waals surface area contributed by atoms with Crippen LogP contribution in [0.25, 0.3) is 0 Å². The Labute approximate surface area is 108 Å². The minimum Gasteiger partial charge on any atom is -0.395 e. The molecule has 1 aromatic rings. The minimum atomic E-state index is 0.00130. The molecule has 0 aliphatic rings. The highest BCUT2D eigenvalue weighted by molar-refractivity contribution is 5.92. The van der Waals surface area contributed by atoms with E-state index in [1.54, 1.807) is 0 Å². The second kappa shape index (κ2) is 7.52. The lowest BCUT2D eigenvalue weighted by molar-refractivity contribution is -0.116. The van der Waals surface area contributed by atoms with Crippen LogP contribution >= 0.6 is 0 Å². The zero-order valence-corrected chi connectivity index (χ0v) is 10.9. The molecule has 0 saturated carbocycles. The van der Waals surface area contributed by atoms with E-state index >= 15 is 0 Å². The summed E-state index contributed by atoms with van der Waals surface area (Å²) in [5.74, 6) is 6.14. The summed E-state index contributed by atoms with van der Waals surface area (Å²) >= 11 is 0. The largest absolute Gasteiger partial charge is 0.395 e. The fourth-order valence-electron chi connectivity index (χ4n) is 1.49. The summed E-state index contributed by atoms with van der Waals surface area (Å²) in [6.07, 6.45) is 0.937. The normalized spacial score (nSPS) is 9.78. The Kier molecular flexibility index (Phi) is 5.96. The molecule has 0 saturated heterocycles. The number of nitrogens with one attached hydrogen (secondary N) is 1. The molecule has 0 heterocycles. The molecule has 3 nitrogen and oxygen atoms in total. The molecule has 1 rings (SSSR count). The zero-order chi connectivity index (χ0) is 13.4. The smallest absolute Gasteiger partial charge is 0.224 e. The summed E-state index contributed by atoms with van der Waals surface area (Å²) in [6, 6.07) is 7.43. The molecule has 0 fully saturated rings. The Morgan fingerprint density at radius 2 is 2.11 bits per heavy atom. The van der Waals surface area contributed by atoms with E-state index in [1.165, 1.54) is 0 Å². The second-order valence-electron chi connectivity index (χ2n) is 4.47. The highest BCUT2D eigenvalue weighted by Crippen LogP contribution is 2.14. The fraction of sp³-hybridized carbons (Fsp3) is 0.400. The van der Waals surface area contributed by atoms with Crippen molar-refractivity contribution in [1.29, 1.82) is 0 Å².